The number of nitrogens with one attached hydrogen (secondary N) is 1. The van der Waals surface area contributed by atoms with Crippen molar-refractivity contribution in [1.82, 2.24) is 10.3 Å². The lowest BCUT2D eigenvalue weighted by Crippen LogP contribution is -2.28. The number of hydrogen-bond acceptors (Lipinski definition) is 5. The molecule has 1 rings (SSSR count). The molecule has 22 heavy (non-hydrogen) atoms. The molecular weight excluding hydrogens is 325 g/mol. The SMILES string of the molecule is CC(C)CCNC(=O)c1ccc(OS(=O)(=O)C(F)(F)F)cn1. The van der Waals surface area contributed by atoms with Crippen LogP contribution in [0.2, 0.25) is 0 Å². The Bertz CT molecular complexity index is 612. The highest BCUT2D eigenvalue weighted by molar-refractivity contribution is 7.87. The lowest BCUT2D eigenvalue weighted by Gasteiger charge is -2.09. The van der Waals surface area contributed by atoms with Crippen molar-refractivity contribution >= 4 is 16.0 Å². The van der Waals surface area contributed by atoms with Crippen LogP contribution in [0.5, 0.6) is 5.75 Å². The first-order valence-corrected chi connectivity index (χ1v) is 7.69. The Labute approximate surface area is 125 Å². The van der Waals surface area contributed by atoms with Gasteiger partial charge in [0.05, 0.1) is 6.20 Å². The van der Waals surface area contributed by atoms with Crippen LogP contribution in [0.4, 0.5) is 13.2 Å². The number of nitrogens with zero attached hydrogens (tertiary/aromatic N) is 1. The molecule has 0 spiro atoms. The quantitative estimate of drug-likeness (QED) is 0.633. The lowest BCUT2D eigenvalue weighted by molar-refractivity contribution is -0.0500. The minimum absolute atomic E-state index is 0.0551. The van der Waals surface area contributed by atoms with Gasteiger partial charge in [0.1, 0.15) is 5.69 Å². The van der Waals surface area contributed by atoms with Crippen molar-refractivity contribution in [3.63, 3.8) is 0 Å². The average Bonchev–Trinajstić information content (AvgIpc) is 2.37. The lowest BCUT2D eigenvalue weighted by atomic mass is 10.1. The van der Waals surface area contributed by atoms with E-state index in [1.165, 1.54) is 0 Å². The molecule has 6 nitrogen and oxygen atoms in total. The zero-order valence-electron chi connectivity index (χ0n) is 11.8. The molecule has 0 atom stereocenters. The van der Waals surface area contributed by atoms with Crippen LogP contribution >= 0.6 is 0 Å². The largest absolute Gasteiger partial charge is 0.534 e. The highest BCUT2D eigenvalue weighted by Gasteiger charge is 2.48. The van der Waals surface area contributed by atoms with E-state index in [1.54, 1.807) is 0 Å². The van der Waals surface area contributed by atoms with Crippen molar-refractivity contribution in [2.75, 3.05) is 6.54 Å². The molecule has 0 unspecified atom stereocenters. The predicted molar refractivity (Wildman–Crippen MR) is 71.6 cm³/mol. The topological polar surface area (TPSA) is 85.4 Å². The maximum atomic E-state index is 12.1. The molecule has 1 aromatic rings. The summed E-state index contributed by atoms with van der Waals surface area (Å²) in [5.74, 6) is -0.737. The molecule has 0 aliphatic carbocycles. The van der Waals surface area contributed by atoms with Crippen LogP contribution in [0, 0.1) is 5.92 Å². The fourth-order valence-corrected chi connectivity index (χ4v) is 1.75. The molecule has 0 aliphatic rings. The number of pyridine rings is 1. The molecule has 0 aromatic carbocycles. The highest BCUT2D eigenvalue weighted by Crippen LogP contribution is 2.26. The van der Waals surface area contributed by atoms with Gasteiger partial charge in [-0.2, -0.15) is 21.6 Å². The van der Waals surface area contributed by atoms with Gasteiger partial charge in [0, 0.05) is 6.54 Å². The summed E-state index contributed by atoms with van der Waals surface area (Å²) in [5, 5.41) is 2.58. The van der Waals surface area contributed by atoms with Gasteiger partial charge in [-0.05, 0) is 24.5 Å². The number of alkyl halides is 3. The number of amides is 1. The summed E-state index contributed by atoms with van der Waals surface area (Å²) < 4.78 is 61.8. The molecule has 1 aromatic heterocycles. The molecule has 0 saturated heterocycles. The van der Waals surface area contributed by atoms with E-state index >= 15 is 0 Å². The molecule has 1 heterocycles. The van der Waals surface area contributed by atoms with Gasteiger partial charge in [-0.3, -0.25) is 4.79 Å². The third-order valence-electron chi connectivity index (χ3n) is 2.47. The van der Waals surface area contributed by atoms with Crippen molar-refractivity contribution in [2.24, 2.45) is 5.92 Å². The van der Waals surface area contributed by atoms with Crippen molar-refractivity contribution in [3.8, 4) is 5.75 Å². The van der Waals surface area contributed by atoms with Gasteiger partial charge in [-0.25, -0.2) is 4.98 Å². The van der Waals surface area contributed by atoms with E-state index in [9.17, 15) is 26.4 Å². The first-order chi connectivity index (χ1) is 10.0. The van der Waals surface area contributed by atoms with Crippen LogP contribution in [-0.2, 0) is 10.1 Å². The minimum Gasteiger partial charge on any atom is -0.374 e. The van der Waals surface area contributed by atoms with Crippen LogP contribution in [-0.4, -0.2) is 31.4 Å². The zero-order valence-corrected chi connectivity index (χ0v) is 12.7. The first kappa shape index (κ1) is 18.2. The summed E-state index contributed by atoms with van der Waals surface area (Å²) in [6.45, 7) is 4.40. The van der Waals surface area contributed by atoms with Gasteiger partial charge in [0.15, 0.2) is 5.75 Å². The van der Waals surface area contributed by atoms with Crippen LogP contribution in [0.25, 0.3) is 0 Å². The fourth-order valence-electron chi connectivity index (χ4n) is 1.30. The number of hydrogen-bond donors (Lipinski definition) is 1. The Kier molecular flexibility index (Phi) is 5.75. The van der Waals surface area contributed by atoms with Crippen LogP contribution < -0.4 is 9.50 Å². The van der Waals surface area contributed by atoms with Gasteiger partial charge in [-0.15, -0.1) is 0 Å². The Morgan fingerprint density at radius 1 is 1.36 bits per heavy atom. The number of rotatable bonds is 6. The smallest absolute Gasteiger partial charge is 0.374 e. The Morgan fingerprint density at radius 2 is 2.00 bits per heavy atom. The van der Waals surface area contributed by atoms with E-state index in [2.05, 4.69) is 14.5 Å². The molecule has 0 fully saturated rings. The van der Waals surface area contributed by atoms with Gasteiger partial charge < -0.3 is 9.50 Å². The van der Waals surface area contributed by atoms with Crippen LogP contribution in [0.3, 0.4) is 0 Å². The maximum Gasteiger partial charge on any atom is 0.534 e. The second-order valence-corrected chi connectivity index (χ2v) is 6.34. The number of aromatic nitrogens is 1. The monoisotopic (exact) mass is 340 g/mol. The molecule has 124 valence electrons. The summed E-state index contributed by atoms with van der Waals surface area (Å²) in [6, 6.07) is 2.00. The van der Waals surface area contributed by atoms with Crippen molar-refractivity contribution in [1.29, 1.82) is 0 Å². The molecule has 1 N–H and O–H groups in total. The van der Waals surface area contributed by atoms with Gasteiger partial charge in [-0.1, -0.05) is 13.8 Å². The van der Waals surface area contributed by atoms with Crippen molar-refractivity contribution in [3.05, 3.63) is 24.0 Å². The summed E-state index contributed by atoms with van der Waals surface area (Å²) in [7, 11) is -5.75. The van der Waals surface area contributed by atoms with Crippen molar-refractivity contribution in [2.45, 2.75) is 25.8 Å². The fraction of sp³-hybridized carbons (Fsp3) is 0.500. The summed E-state index contributed by atoms with van der Waals surface area (Å²) in [6.07, 6.45) is 1.50. The Hall–Kier alpha value is -1.84. The molecule has 1 amide bonds. The van der Waals surface area contributed by atoms with Crippen molar-refractivity contribution < 1.29 is 30.6 Å². The molecule has 10 heteroatoms. The maximum absolute atomic E-state index is 12.1. The standard InChI is InChI=1S/C12H15F3N2O4S/c1-8(2)5-6-16-11(18)10-4-3-9(7-17-10)21-22(19,20)12(13,14)15/h3-4,7-8H,5-6H2,1-2H3,(H,16,18). The third kappa shape index (κ3) is 5.17. The summed E-state index contributed by atoms with van der Waals surface area (Å²) in [5.41, 5.74) is -5.58. The normalized spacial score (nSPS) is 12.3. The van der Waals surface area contributed by atoms with E-state index in [-0.39, 0.29) is 5.69 Å². The van der Waals surface area contributed by atoms with Gasteiger partial charge in [0.25, 0.3) is 5.91 Å². The molecule has 0 bridgehead atoms. The molecular formula is C12H15F3N2O4S. The Balaban J connectivity index is 2.69. The first-order valence-electron chi connectivity index (χ1n) is 6.28. The predicted octanol–water partition coefficient (Wildman–Crippen LogP) is 2.09. The second-order valence-electron chi connectivity index (χ2n) is 4.80. The summed E-state index contributed by atoms with van der Waals surface area (Å²) in [4.78, 5) is 15.2. The van der Waals surface area contributed by atoms with E-state index < -0.39 is 27.3 Å². The molecule has 0 saturated carbocycles. The summed E-state index contributed by atoms with van der Waals surface area (Å²) >= 11 is 0. The van der Waals surface area contributed by atoms with Crippen LogP contribution in [0.1, 0.15) is 30.8 Å². The zero-order chi connectivity index (χ0) is 17.0. The average molecular weight is 340 g/mol. The van der Waals surface area contributed by atoms with E-state index in [0.29, 0.717) is 12.5 Å². The van der Waals surface area contributed by atoms with E-state index in [0.717, 1.165) is 24.8 Å². The van der Waals surface area contributed by atoms with Gasteiger partial charge in [0.2, 0.25) is 0 Å². The minimum atomic E-state index is -5.75. The second kappa shape index (κ2) is 6.95. The molecule has 0 radical (unpaired) electrons. The van der Waals surface area contributed by atoms with Gasteiger partial charge >= 0.3 is 15.6 Å². The number of carbonyl (C=O) groups excluding carboxylic acids is 1. The third-order valence-corrected chi connectivity index (χ3v) is 3.44. The highest BCUT2D eigenvalue weighted by atomic mass is 32.2. The van der Waals surface area contributed by atoms with Crippen LogP contribution in [0.15, 0.2) is 18.3 Å². The number of carbonyl (C=O) groups is 1. The molecule has 0 aliphatic heterocycles. The van der Waals surface area contributed by atoms with E-state index in [4.69, 9.17) is 0 Å². The Morgan fingerprint density at radius 3 is 2.45 bits per heavy atom. The number of halogens is 3. The van der Waals surface area contributed by atoms with E-state index in [1.807, 2.05) is 13.8 Å².